The molecule has 6 nitrogen and oxygen atoms in total. The van der Waals surface area contributed by atoms with Crippen LogP contribution in [0.3, 0.4) is 0 Å². The van der Waals surface area contributed by atoms with E-state index in [1.54, 1.807) is 4.68 Å². The van der Waals surface area contributed by atoms with Gasteiger partial charge in [-0.3, -0.25) is 0 Å². The molecule has 0 spiro atoms. The summed E-state index contributed by atoms with van der Waals surface area (Å²) < 4.78 is 7.74. The van der Waals surface area contributed by atoms with Crippen LogP contribution < -0.4 is 0 Å². The van der Waals surface area contributed by atoms with Crippen molar-refractivity contribution in [1.29, 1.82) is 0 Å². The molecule has 1 aliphatic rings. The van der Waals surface area contributed by atoms with Crippen LogP contribution in [0.25, 0.3) is 5.69 Å². The average molecular weight is 397 g/mol. The van der Waals surface area contributed by atoms with Gasteiger partial charge >= 0.3 is 0 Å². The molecule has 1 heterocycles. The maximum Gasteiger partial charge on any atom is 0.214 e. The molecule has 0 fully saturated rings. The highest BCUT2D eigenvalue weighted by atomic mass is 32.2. The average Bonchev–Trinajstić information content (AvgIpc) is 3.20. The van der Waals surface area contributed by atoms with Crippen LogP contribution in [-0.4, -0.2) is 43.8 Å². The van der Waals surface area contributed by atoms with E-state index in [2.05, 4.69) is 39.8 Å². The highest BCUT2D eigenvalue weighted by Gasteiger charge is 2.21. The first-order valence-electron chi connectivity index (χ1n) is 9.56. The second-order valence-electron chi connectivity index (χ2n) is 7.09. The van der Waals surface area contributed by atoms with Crippen LogP contribution >= 0.6 is 11.8 Å². The van der Waals surface area contributed by atoms with Crippen LogP contribution in [0.2, 0.25) is 0 Å². The highest BCUT2D eigenvalue weighted by molar-refractivity contribution is 7.99. The third-order valence-corrected chi connectivity index (χ3v) is 5.99. The number of fused-ring (bicyclic) bond motifs is 1. The predicted octanol–water partition coefficient (Wildman–Crippen LogP) is 3.52. The Bertz CT molecular complexity index is 913. The largest absolute Gasteiger partial charge is 0.390 e. The summed E-state index contributed by atoms with van der Waals surface area (Å²) in [6.07, 6.45) is 2.72. The van der Waals surface area contributed by atoms with Crippen molar-refractivity contribution in [2.24, 2.45) is 0 Å². The SMILES string of the molecule is Cc1ccc(-n2nnnc2SC[C@H](O)CO[C@H]2CCCc3ccccc32)cc1. The monoisotopic (exact) mass is 396 g/mol. The molecule has 28 heavy (non-hydrogen) atoms. The van der Waals surface area contributed by atoms with Crippen molar-refractivity contribution < 1.29 is 9.84 Å². The number of hydrogen-bond donors (Lipinski definition) is 1. The molecule has 146 valence electrons. The maximum atomic E-state index is 10.4. The van der Waals surface area contributed by atoms with Gasteiger partial charge in [0, 0.05) is 5.75 Å². The third kappa shape index (κ3) is 4.43. The first-order chi connectivity index (χ1) is 13.7. The molecular weight excluding hydrogens is 372 g/mol. The molecule has 1 N–H and O–H groups in total. The fourth-order valence-corrected chi connectivity index (χ4v) is 4.24. The topological polar surface area (TPSA) is 73.1 Å². The summed E-state index contributed by atoms with van der Waals surface area (Å²) in [6, 6.07) is 16.4. The number of ether oxygens (including phenoxy) is 1. The van der Waals surface area contributed by atoms with Crippen LogP contribution in [0, 0.1) is 6.92 Å². The van der Waals surface area contributed by atoms with Gasteiger partial charge in [-0.2, -0.15) is 4.68 Å². The standard InChI is InChI=1S/C21H24N4O2S/c1-15-9-11-17(12-10-15)25-21(22-23-24-25)28-14-18(26)13-27-20-8-4-6-16-5-2-3-7-19(16)20/h2-3,5,7,9-12,18,20,26H,4,6,8,13-14H2,1H3/t18-,20+/m1/s1. The lowest BCUT2D eigenvalue weighted by molar-refractivity contribution is -0.00960. The first kappa shape index (κ1) is 19.1. The van der Waals surface area contributed by atoms with Crippen LogP contribution in [0.1, 0.15) is 35.6 Å². The molecule has 0 radical (unpaired) electrons. The Kier molecular flexibility index (Phi) is 6.04. The quantitative estimate of drug-likeness (QED) is 0.616. The van der Waals surface area contributed by atoms with E-state index in [9.17, 15) is 5.11 Å². The number of aliphatic hydroxyl groups excluding tert-OH is 1. The van der Waals surface area contributed by atoms with Crippen LogP contribution in [0.15, 0.2) is 53.7 Å². The summed E-state index contributed by atoms with van der Waals surface area (Å²) in [5.41, 5.74) is 4.71. The van der Waals surface area contributed by atoms with E-state index < -0.39 is 6.10 Å². The minimum absolute atomic E-state index is 0.0717. The van der Waals surface area contributed by atoms with Gasteiger partial charge in [0.1, 0.15) is 0 Å². The molecule has 4 rings (SSSR count). The maximum absolute atomic E-state index is 10.4. The van der Waals surface area contributed by atoms with Gasteiger partial charge < -0.3 is 9.84 Å². The number of nitrogens with zero attached hydrogens (tertiary/aromatic N) is 4. The fraction of sp³-hybridized carbons (Fsp3) is 0.381. The van der Waals surface area contributed by atoms with Crippen molar-refractivity contribution >= 4 is 11.8 Å². The molecule has 1 aromatic heterocycles. The Hall–Kier alpha value is -2.22. The van der Waals surface area contributed by atoms with Gasteiger partial charge in [0.15, 0.2) is 0 Å². The van der Waals surface area contributed by atoms with E-state index in [4.69, 9.17) is 4.74 Å². The molecule has 2 atom stereocenters. The molecule has 7 heteroatoms. The zero-order valence-corrected chi connectivity index (χ0v) is 16.7. The second kappa shape index (κ2) is 8.86. The Morgan fingerprint density at radius 1 is 1.21 bits per heavy atom. The Balaban J connectivity index is 1.32. The van der Waals surface area contributed by atoms with Crippen LogP contribution in [-0.2, 0) is 11.2 Å². The summed E-state index contributed by atoms with van der Waals surface area (Å²) in [6.45, 7) is 2.35. The zero-order chi connectivity index (χ0) is 19.3. The lowest BCUT2D eigenvalue weighted by atomic mass is 9.89. The van der Waals surface area contributed by atoms with E-state index in [1.165, 1.54) is 28.5 Å². The summed E-state index contributed by atoms with van der Waals surface area (Å²) in [5.74, 6) is 0.473. The van der Waals surface area contributed by atoms with Crippen molar-refractivity contribution in [2.45, 2.75) is 43.6 Å². The number of tetrazole rings is 1. The highest BCUT2D eigenvalue weighted by Crippen LogP contribution is 2.32. The van der Waals surface area contributed by atoms with Crippen molar-refractivity contribution in [3.63, 3.8) is 0 Å². The van der Waals surface area contributed by atoms with Crippen molar-refractivity contribution in [2.75, 3.05) is 12.4 Å². The molecule has 2 aromatic carbocycles. The Morgan fingerprint density at radius 3 is 2.89 bits per heavy atom. The van der Waals surface area contributed by atoms with Crippen molar-refractivity contribution in [1.82, 2.24) is 20.2 Å². The second-order valence-corrected chi connectivity index (χ2v) is 8.07. The molecule has 1 aliphatic carbocycles. The Labute approximate surface area is 168 Å². The molecular formula is C21H24N4O2S. The summed E-state index contributed by atoms with van der Waals surface area (Å²) in [4.78, 5) is 0. The van der Waals surface area contributed by atoms with E-state index >= 15 is 0 Å². The molecule has 0 saturated carbocycles. The molecule has 0 saturated heterocycles. The minimum Gasteiger partial charge on any atom is -0.390 e. The lowest BCUT2D eigenvalue weighted by Crippen LogP contribution is -2.22. The van der Waals surface area contributed by atoms with Crippen molar-refractivity contribution in [3.8, 4) is 5.69 Å². The normalized spacial score (nSPS) is 17.3. The van der Waals surface area contributed by atoms with Gasteiger partial charge in [0.05, 0.1) is 24.5 Å². The van der Waals surface area contributed by atoms with Gasteiger partial charge in [-0.05, 0) is 59.9 Å². The lowest BCUT2D eigenvalue weighted by Gasteiger charge is -2.26. The van der Waals surface area contributed by atoms with Crippen LogP contribution in [0.4, 0.5) is 0 Å². The van der Waals surface area contributed by atoms with Gasteiger partial charge in [0.25, 0.3) is 0 Å². The number of rotatable bonds is 7. The number of aromatic nitrogens is 4. The third-order valence-electron chi connectivity index (χ3n) is 4.93. The van der Waals surface area contributed by atoms with Gasteiger partial charge in [-0.25, -0.2) is 0 Å². The van der Waals surface area contributed by atoms with E-state index in [0.29, 0.717) is 17.5 Å². The van der Waals surface area contributed by atoms with E-state index in [1.807, 2.05) is 31.2 Å². The summed E-state index contributed by atoms with van der Waals surface area (Å²) >= 11 is 1.43. The smallest absolute Gasteiger partial charge is 0.214 e. The van der Waals surface area contributed by atoms with Crippen LogP contribution in [0.5, 0.6) is 0 Å². The van der Waals surface area contributed by atoms with Gasteiger partial charge in [-0.15, -0.1) is 5.10 Å². The number of aryl methyl sites for hydroxylation is 2. The predicted molar refractivity (Wildman–Crippen MR) is 109 cm³/mol. The van der Waals surface area contributed by atoms with E-state index in [0.717, 1.165) is 24.9 Å². The fourth-order valence-electron chi connectivity index (χ4n) is 3.45. The number of thioether (sulfide) groups is 1. The molecule has 0 amide bonds. The van der Waals surface area contributed by atoms with Gasteiger partial charge in [0.2, 0.25) is 5.16 Å². The Morgan fingerprint density at radius 2 is 2.04 bits per heavy atom. The zero-order valence-electron chi connectivity index (χ0n) is 15.9. The number of aliphatic hydroxyl groups is 1. The first-order valence-corrected chi connectivity index (χ1v) is 10.5. The molecule has 0 bridgehead atoms. The summed E-state index contributed by atoms with van der Waals surface area (Å²) in [5, 5.41) is 23.0. The van der Waals surface area contributed by atoms with E-state index in [-0.39, 0.29) is 6.10 Å². The van der Waals surface area contributed by atoms with Crippen molar-refractivity contribution in [3.05, 3.63) is 65.2 Å². The molecule has 0 unspecified atom stereocenters. The number of benzene rings is 2. The van der Waals surface area contributed by atoms with Gasteiger partial charge in [-0.1, -0.05) is 53.7 Å². The number of hydrogen-bond acceptors (Lipinski definition) is 6. The summed E-state index contributed by atoms with van der Waals surface area (Å²) in [7, 11) is 0. The minimum atomic E-state index is -0.581. The molecule has 0 aliphatic heterocycles. The molecule has 3 aromatic rings.